The highest BCUT2D eigenvalue weighted by molar-refractivity contribution is 6.30. The summed E-state index contributed by atoms with van der Waals surface area (Å²) >= 11 is 5.69. The van der Waals surface area contributed by atoms with Crippen LogP contribution in [0.15, 0.2) is 52.7 Å². The minimum absolute atomic E-state index is 0.00119. The molecule has 0 radical (unpaired) electrons. The van der Waals surface area contributed by atoms with Crippen LogP contribution in [-0.2, 0) is 4.79 Å². The van der Waals surface area contributed by atoms with Gasteiger partial charge < -0.3 is 4.74 Å². The Morgan fingerprint density at radius 3 is 2.25 bits per heavy atom. The maximum atomic E-state index is 13.1. The number of hydrogen-bond donors (Lipinski definition) is 0. The first-order valence-electron chi connectivity index (χ1n) is 7.39. The van der Waals surface area contributed by atoms with E-state index in [2.05, 4.69) is 10.2 Å². The van der Waals surface area contributed by atoms with E-state index >= 15 is 0 Å². The molecule has 0 saturated heterocycles. The topological polar surface area (TPSA) is 51.0 Å². The Kier molecular flexibility index (Phi) is 5.67. The molecule has 0 aliphatic rings. The number of halogens is 2. The molecule has 0 amide bonds. The van der Waals surface area contributed by atoms with E-state index in [0.717, 1.165) is 0 Å². The van der Waals surface area contributed by atoms with Crippen LogP contribution in [0.2, 0.25) is 5.02 Å². The lowest BCUT2D eigenvalue weighted by atomic mass is 9.91. The monoisotopic (exact) mass is 348 g/mol. The molecule has 0 unspecified atom stereocenters. The van der Waals surface area contributed by atoms with Gasteiger partial charge in [-0.25, -0.2) is 4.39 Å². The van der Waals surface area contributed by atoms with Crippen LogP contribution in [0, 0.1) is 11.2 Å². The number of nitrogens with zero attached hydrogens (tertiary/aromatic N) is 2. The van der Waals surface area contributed by atoms with Crippen LogP contribution in [0.25, 0.3) is 0 Å². The summed E-state index contributed by atoms with van der Waals surface area (Å²) in [6.07, 6.45) is 0. The number of ketones is 1. The van der Waals surface area contributed by atoms with Gasteiger partial charge in [0.15, 0.2) is 5.78 Å². The number of azo groups is 1. The van der Waals surface area contributed by atoms with Gasteiger partial charge in [-0.15, -0.1) is 0 Å². The number of Topliss-reactive ketones (excluding diaryl/α,β-unsaturated/α-hetero) is 1. The van der Waals surface area contributed by atoms with Gasteiger partial charge in [0.25, 0.3) is 0 Å². The van der Waals surface area contributed by atoms with E-state index in [1.54, 1.807) is 24.3 Å². The second-order valence-corrected chi connectivity index (χ2v) is 6.66. The van der Waals surface area contributed by atoms with Crippen LogP contribution >= 0.6 is 11.6 Å². The Bertz CT molecular complexity index is 753. The summed E-state index contributed by atoms with van der Waals surface area (Å²) in [5.41, 5.74) is 0.632. The number of hydrogen-bond acceptors (Lipinski definition) is 4. The molecule has 0 spiro atoms. The third kappa shape index (κ3) is 5.13. The van der Waals surface area contributed by atoms with E-state index in [1.165, 1.54) is 18.2 Å². The molecule has 126 valence electrons. The van der Waals surface area contributed by atoms with Gasteiger partial charge in [-0.3, -0.25) is 4.79 Å². The zero-order valence-electron chi connectivity index (χ0n) is 13.7. The quantitative estimate of drug-likeness (QED) is 0.632. The first-order chi connectivity index (χ1) is 11.3. The van der Waals surface area contributed by atoms with Crippen LogP contribution in [0.4, 0.5) is 15.8 Å². The predicted octanol–water partition coefficient (Wildman–Crippen LogP) is 5.89. The molecule has 24 heavy (non-hydrogen) atoms. The fourth-order valence-electron chi connectivity index (χ4n) is 1.64. The maximum Gasteiger partial charge on any atom is 0.175 e. The average Bonchev–Trinajstić information content (AvgIpc) is 2.53. The second-order valence-electron chi connectivity index (χ2n) is 6.25. The van der Waals surface area contributed by atoms with Crippen molar-refractivity contribution in [2.75, 3.05) is 6.61 Å². The molecule has 0 fully saturated rings. The molecule has 0 N–H and O–H groups in total. The Morgan fingerprint density at radius 2 is 1.67 bits per heavy atom. The van der Waals surface area contributed by atoms with Crippen molar-refractivity contribution in [3.63, 3.8) is 0 Å². The van der Waals surface area contributed by atoms with Gasteiger partial charge in [-0.2, -0.15) is 10.2 Å². The fraction of sp³-hybridized carbons (Fsp3) is 0.278. The molecule has 2 aromatic rings. The molecular formula is C18H18ClFN2O2. The lowest BCUT2D eigenvalue weighted by Crippen LogP contribution is -2.26. The Morgan fingerprint density at radius 1 is 1.08 bits per heavy atom. The molecular weight excluding hydrogens is 331 g/mol. The Balaban J connectivity index is 1.97. The van der Waals surface area contributed by atoms with Gasteiger partial charge in [-0.1, -0.05) is 32.4 Å². The molecule has 2 rings (SSSR count). The molecule has 2 aromatic carbocycles. The zero-order chi connectivity index (χ0) is 17.7. The largest absolute Gasteiger partial charge is 0.486 e. The SMILES string of the molecule is CC(C)(C)C(=O)COc1ccc(N=Nc2ccc(F)c(Cl)c2)cc1. The first kappa shape index (κ1) is 18.1. The molecule has 0 bridgehead atoms. The number of carbonyl (C=O) groups is 1. The van der Waals surface area contributed by atoms with Gasteiger partial charge in [0, 0.05) is 5.41 Å². The smallest absolute Gasteiger partial charge is 0.175 e. The van der Waals surface area contributed by atoms with Crippen LogP contribution in [-0.4, -0.2) is 12.4 Å². The van der Waals surface area contributed by atoms with Crippen molar-refractivity contribution in [1.82, 2.24) is 0 Å². The second kappa shape index (κ2) is 7.53. The van der Waals surface area contributed by atoms with Crippen molar-refractivity contribution in [3.8, 4) is 5.75 Å². The summed E-state index contributed by atoms with van der Waals surface area (Å²) in [4.78, 5) is 11.8. The van der Waals surface area contributed by atoms with Crippen LogP contribution in [0.5, 0.6) is 5.75 Å². The van der Waals surface area contributed by atoms with E-state index in [-0.39, 0.29) is 17.4 Å². The van der Waals surface area contributed by atoms with Crippen molar-refractivity contribution in [1.29, 1.82) is 0 Å². The van der Waals surface area contributed by atoms with Gasteiger partial charge in [0.2, 0.25) is 0 Å². The van der Waals surface area contributed by atoms with Crippen molar-refractivity contribution in [3.05, 3.63) is 53.3 Å². The summed E-state index contributed by atoms with van der Waals surface area (Å²) in [6, 6.07) is 11.0. The molecule has 0 aromatic heterocycles. The summed E-state index contributed by atoms with van der Waals surface area (Å²) in [6.45, 7) is 5.58. The minimum Gasteiger partial charge on any atom is -0.486 e. The Hall–Kier alpha value is -2.27. The third-order valence-electron chi connectivity index (χ3n) is 3.23. The zero-order valence-corrected chi connectivity index (χ0v) is 14.5. The highest BCUT2D eigenvalue weighted by Gasteiger charge is 2.21. The van der Waals surface area contributed by atoms with E-state index in [0.29, 0.717) is 17.1 Å². The molecule has 0 saturated carbocycles. The molecule has 0 aliphatic heterocycles. The molecule has 0 aliphatic carbocycles. The molecule has 6 heteroatoms. The van der Waals surface area contributed by atoms with E-state index < -0.39 is 11.2 Å². The maximum absolute atomic E-state index is 13.1. The summed E-state index contributed by atoms with van der Waals surface area (Å²) in [7, 11) is 0. The van der Waals surface area contributed by atoms with Crippen LogP contribution < -0.4 is 4.74 Å². The van der Waals surface area contributed by atoms with Crippen molar-refractivity contribution in [2.24, 2.45) is 15.6 Å². The van der Waals surface area contributed by atoms with Gasteiger partial charge in [0.05, 0.1) is 16.4 Å². The number of rotatable bonds is 5. The van der Waals surface area contributed by atoms with Crippen molar-refractivity contribution in [2.45, 2.75) is 20.8 Å². The highest BCUT2D eigenvalue weighted by atomic mass is 35.5. The van der Waals surface area contributed by atoms with Crippen molar-refractivity contribution < 1.29 is 13.9 Å². The predicted molar refractivity (Wildman–Crippen MR) is 92.0 cm³/mol. The van der Waals surface area contributed by atoms with Crippen LogP contribution in [0.1, 0.15) is 20.8 Å². The molecule has 0 atom stereocenters. The van der Waals surface area contributed by atoms with E-state index in [1.807, 2.05) is 20.8 Å². The lowest BCUT2D eigenvalue weighted by molar-refractivity contribution is -0.128. The fourth-order valence-corrected chi connectivity index (χ4v) is 1.81. The summed E-state index contributed by atoms with van der Waals surface area (Å²) in [5, 5.41) is 8.04. The number of benzene rings is 2. The summed E-state index contributed by atoms with van der Waals surface area (Å²) in [5.74, 6) is 0.109. The van der Waals surface area contributed by atoms with Crippen molar-refractivity contribution >= 4 is 28.8 Å². The normalized spacial score (nSPS) is 11.7. The summed E-state index contributed by atoms with van der Waals surface area (Å²) < 4.78 is 18.5. The molecule has 4 nitrogen and oxygen atoms in total. The number of carbonyl (C=O) groups excluding carboxylic acids is 1. The minimum atomic E-state index is -0.498. The van der Waals surface area contributed by atoms with E-state index in [9.17, 15) is 9.18 Å². The third-order valence-corrected chi connectivity index (χ3v) is 3.52. The van der Waals surface area contributed by atoms with Gasteiger partial charge in [-0.05, 0) is 42.5 Å². The Labute approximate surface area is 145 Å². The first-order valence-corrected chi connectivity index (χ1v) is 7.76. The van der Waals surface area contributed by atoms with E-state index in [4.69, 9.17) is 16.3 Å². The van der Waals surface area contributed by atoms with Gasteiger partial charge in [0.1, 0.15) is 18.2 Å². The lowest BCUT2D eigenvalue weighted by Gasteiger charge is -2.16. The standard InChI is InChI=1S/C18H18ClFN2O2/c1-18(2,3)17(23)11-24-14-7-4-12(5-8-14)21-22-13-6-9-16(20)15(19)10-13/h4-10H,11H2,1-3H3. The molecule has 0 heterocycles. The van der Waals surface area contributed by atoms with Gasteiger partial charge >= 0.3 is 0 Å². The van der Waals surface area contributed by atoms with Crippen LogP contribution in [0.3, 0.4) is 0 Å². The number of ether oxygens (including phenoxy) is 1. The average molecular weight is 349 g/mol. The highest BCUT2D eigenvalue weighted by Crippen LogP contribution is 2.25.